The van der Waals surface area contributed by atoms with Gasteiger partial charge in [-0.2, -0.15) is 0 Å². The fourth-order valence-electron chi connectivity index (χ4n) is 3.22. The molecule has 1 aromatic heterocycles. The quantitative estimate of drug-likeness (QED) is 0.297. The molecule has 0 saturated heterocycles. The summed E-state index contributed by atoms with van der Waals surface area (Å²) >= 11 is 1.15. The minimum absolute atomic E-state index is 0.00366. The number of carbonyl (C=O) groups excluding carboxylic acids is 1. The number of carbonyl (C=O) groups is 1. The van der Waals surface area contributed by atoms with Gasteiger partial charge in [-0.1, -0.05) is 36.0 Å². The van der Waals surface area contributed by atoms with E-state index in [1.807, 2.05) is 0 Å². The highest BCUT2D eigenvalue weighted by molar-refractivity contribution is 7.98. The summed E-state index contributed by atoms with van der Waals surface area (Å²) in [4.78, 5) is 31.9. The third-order valence-corrected chi connectivity index (χ3v) is 5.58. The summed E-state index contributed by atoms with van der Waals surface area (Å²) in [5.41, 5.74) is 0.823. The standard InChI is InChI=1S/C20H16FN3O4S/c21-13-4-2-1-3-11(13)9-29-20-23-18-17(19(28)24-20)12(8-16(27)22-18)10-5-6-14(25)15(26)7-10/h1-7,12,25-26H,8-9H2,(H2,22,23,24,27,28)/t12-/m0/s1. The average Bonchev–Trinajstić information content (AvgIpc) is 2.68. The number of nitrogens with one attached hydrogen (secondary N) is 2. The molecule has 1 aliphatic heterocycles. The molecule has 3 aromatic rings. The van der Waals surface area contributed by atoms with Crippen molar-refractivity contribution in [2.24, 2.45) is 0 Å². The van der Waals surface area contributed by atoms with Crippen LogP contribution in [0.2, 0.25) is 0 Å². The molecule has 148 valence electrons. The lowest BCUT2D eigenvalue weighted by Gasteiger charge is -2.24. The number of halogens is 1. The summed E-state index contributed by atoms with van der Waals surface area (Å²) in [6, 6.07) is 10.5. The lowest BCUT2D eigenvalue weighted by atomic mass is 9.86. The number of aromatic nitrogens is 2. The van der Waals surface area contributed by atoms with Crippen LogP contribution in [-0.2, 0) is 10.5 Å². The largest absolute Gasteiger partial charge is 0.504 e. The molecule has 4 rings (SSSR count). The molecule has 2 heterocycles. The van der Waals surface area contributed by atoms with Gasteiger partial charge in [-0.3, -0.25) is 9.59 Å². The number of phenolic OH excluding ortho intramolecular Hbond substituents is 2. The first kappa shape index (κ1) is 19.0. The fraction of sp³-hybridized carbons (Fsp3) is 0.150. The van der Waals surface area contributed by atoms with E-state index in [4.69, 9.17) is 0 Å². The summed E-state index contributed by atoms with van der Waals surface area (Å²) in [7, 11) is 0. The summed E-state index contributed by atoms with van der Waals surface area (Å²) in [5.74, 6) is -1.51. The minimum Gasteiger partial charge on any atom is -0.504 e. The second kappa shape index (κ2) is 7.59. The Morgan fingerprint density at radius 1 is 1.14 bits per heavy atom. The number of H-pyrrole nitrogens is 1. The van der Waals surface area contributed by atoms with Crippen LogP contribution >= 0.6 is 11.8 Å². The highest BCUT2D eigenvalue weighted by atomic mass is 32.2. The van der Waals surface area contributed by atoms with Crippen LogP contribution in [0.1, 0.15) is 29.0 Å². The molecule has 0 spiro atoms. The molecule has 7 nitrogen and oxygen atoms in total. The highest BCUT2D eigenvalue weighted by Crippen LogP contribution is 2.37. The number of nitrogens with zero attached hydrogens (tertiary/aromatic N) is 1. The molecule has 0 saturated carbocycles. The number of hydrogen-bond donors (Lipinski definition) is 4. The molecular weight excluding hydrogens is 397 g/mol. The molecule has 1 atom stereocenters. The van der Waals surface area contributed by atoms with Crippen molar-refractivity contribution in [1.29, 1.82) is 0 Å². The SMILES string of the molecule is O=C1C[C@@H](c2ccc(O)c(O)c2)c2c(nc(SCc3ccccc3F)[nH]c2=O)N1. The Labute approximate surface area is 168 Å². The lowest BCUT2D eigenvalue weighted by Crippen LogP contribution is -2.31. The second-order valence-corrected chi connectivity index (χ2v) is 7.53. The van der Waals surface area contributed by atoms with E-state index in [2.05, 4.69) is 15.3 Å². The average molecular weight is 413 g/mol. The van der Waals surface area contributed by atoms with Gasteiger partial charge in [0.15, 0.2) is 16.7 Å². The highest BCUT2D eigenvalue weighted by Gasteiger charge is 2.31. The van der Waals surface area contributed by atoms with E-state index >= 15 is 0 Å². The summed E-state index contributed by atoms with van der Waals surface area (Å²) in [6.45, 7) is 0. The van der Waals surface area contributed by atoms with Gasteiger partial charge in [0.25, 0.3) is 5.56 Å². The molecule has 0 radical (unpaired) electrons. The van der Waals surface area contributed by atoms with Crippen LogP contribution < -0.4 is 10.9 Å². The van der Waals surface area contributed by atoms with Crippen LogP contribution in [0.4, 0.5) is 10.2 Å². The van der Waals surface area contributed by atoms with E-state index in [1.54, 1.807) is 24.3 Å². The van der Waals surface area contributed by atoms with Gasteiger partial charge in [0.2, 0.25) is 5.91 Å². The predicted molar refractivity (Wildman–Crippen MR) is 106 cm³/mol. The Balaban J connectivity index is 1.67. The maximum atomic E-state index is 13.8. The van der Waals surface area contributed by atoms with Gasteiger partial charge in [0.1, 0.15) is 11.6 Å². The number of aromatic hydroxyl groups is 2. The maximum absolute atomic E-state index is 13.8. The van der Waals surface area contributed by atoms with E-state index < -0.39 is 11.5 Å². The number of thioether (sulfide) groups is 1. The van der Waals surface area contributed by atoms with Gasteiger partial charge >= 0.3 is 0 Å². The van der Waals surface area contributed by atoms with Crippen LogP contribution in [0.3, 0.4) is 0 Å². The molecule has 2 aromatic carbocycles. The Morgan fingerprint density at radius 2 is 1.93 bits per heavy atom. The van der Waals surface area contributed by atoms with Gasteiger partial charge in [-0.15, -0.1) is 0 Å². The summed E-state index contributed by atoms with van der Waals surface area (Å²) in [5, 5.41) is 22.1. The number of anilines is 1. The van der Waals surface area contributed by atoms with Crippen molar-refractivity contribution in [2.45, 2.75) is 23.2 Å². The Hall–Kier alpha value is -3.33. The van der Waals surface area contributed by atoms with Gasteiger partial charge in [-0.25, -0.2) is 9.37 Å². The molecule has 0 bridgehead atoms. The van der Waals surface area contributed by atoms with Gasteiger partial charge in [0.05, 0.1) is 5.56 Å². The summed E-state index contributed by atoms with van der Waals surface area (Å²) < 4.78 is 13.8. The third-order valence-electron chi connectivity index (χ3n) is 4.65. The third kappa shape index (κ3) is 3.81. The van der Waals surface area contributed by atoms with Gasteiger partial charge in [-0.05, 0) is 29.3 Å². The normalized spacial score (nSPS) is 15.6. The zero-order valence-electron chi connectivity index (χ0n) is 15.0. The number of aromatic amines is 1. The van der Waals surface area contributed by atoms with E-state index in [-0.39, 0.29) is 51.9 Å². The van der Waals surface area contributed by atoms with E-state index in [1.165, 1.54) is 18.2 Å². The summed E-state index contributed by atoms with van der Waals surface area (Å²) in [6.07, 6.45) is 0.00366. The Morgan fingerprint density at radius 3 is 2.69 bits per heavy atom. The first-order chi connectivity index (χ1) is 13.9. The van der Waals surface area contributed by atoms with Crippen molar-refractivity contribution in [3.63, 3.8) is 0 Å². The topological polar surface area (TPSA) is 115 Å². The molecule has 9 heteroatoms. The zero-order valence-corrected chi connectivity index (χ0v) is 15.8. The monoisotopic (exact) mass is 413 g/mol. The number of hydrogen-bond acceptors (Lipinski definition) is 6. The van der Waals surface area contributed by atoms with Gasteiger partial charge < -0.3 is 20.5 Å². The van der Waals surface area contributed by atoms with Crippen molar-refractivity contribution < 1.29 is 19.4 Å². The molecular formula is C20H16FN3O4S. The Kier molecular flexibility index (Phi) is 4.98. The minimum atomic E-state index is -0.618. The molecule has 1 amide bonds. The number of fused-ring (bicyclic) bond motifs is 1. The fourth-order valence-corrected chi connectivity index (χ4v) is 4.07. The molecule has 0 aliphatic carbocycles. The number of rotatable bonds is 4. The second-order valence-electron chi connectivity index (χ2n) is 6.57. The van der Waals surface area contributed by atoms with Crippen molar-refractivity contribution in [3.05, 3.63) is 75.3 Å². The molecule has 4 N–H and O–H groups in total. The van der Waals surface area contributed by atoms with Crippen molar-refractivity contribution in [3.8, 4) is 11.5 Å². The van der Waals surface area contributed by atoms with Crippen LogP contribution in [-0.4, -0.2) is 26.1 Å². The van der Waals surface area contributed by atoms with E-state index in [9.17, 15) is 24.2 Å². The smallest absolute Gasteiger partial charge is 0.257 e. The first-order valence-electron chi connectivity index (χ1n) is 8.74. The van der Waals surface area contributed by atoms with Crippen molar-refractivity contribution in [2.75, 3.05) is 5.32 Å². The van der Waals surface area contributed by atoms with Crippen LogP contribution in [0.25, 0.3) is 0 Å². The van der Waals surface area contributed by atoms with Gasteiger partial charge in [0, 0.05) is 18.1 Å². The van der Waals surface area contributed by atoms with E-state index in [0.717, 1.165) is 11.8 Å². The molecule has 29 heavy (non-hydrogen) atoms. The number of amides is 1. The first-order valence-corrected chi connectivity index (χ1v) is 9.73. The zero-order chi connectivity index (χ0) is 20.5. The Bertz CT molecular complexity index is 1160. The maximum Gasteiger partial charge on any atom is 0.257 e. The van der Waals surface area contributed by atoms with E-state index in [0.29, 0.717) is 11.1 Å². The number of phenols is 2. The molecule has 0 fully saturated rings. The van der Waals surface area contributed by atoms with Crippen LogP contribution in [0.15, 0.2) is 52.4 Å². The van der Waals surface area contributed by atoms with Crippen LogP contribution in [0.5, 0.6) is 11.5 Å². The molecule has 1 aliphatic rings. The predicted octanol–water partition coefficient (Wildman–Crippen LogP) is 3.09. The van der Waals surface area contributed by atoms with Crippen LogP contribution in [0, 0.1) is 5.82 Å². The van der Waals surface area contributed by atoms with Crippen molar-refractivity contribution in [1.82, 2.24) is 9.97 Å². The molecule has 0 unspecified atom stereocenters. The lowest BCUT2D eigenvalue weighted by molar-refractivity contribution is -0.116. The van der Waals surface area contributed by atoms with Crippen molar-refractivity contribution >= 4 is 23.5 Å². The number of benzene rings is 2.